The summed E-state index contributed by atoms with van der Waals surface area (Å²) in [5, 5.41) is 7.09. The molecule has 0 spiro atoms. The number of para-hydroxylation sites is 1. The predicted molar refractivity (Wildman–Crippen MR) is 158 cm³/mol. The van der Waals surface area contributed by atoms with Gasteiger partial charge in [0.1, 0.15) is 17.6 Å². The van der Waals surface area contributed by atoms with E-state index in [2.05, 4.69) is 33.7 Å². The third-order valence-corrected chi connectivity index (χ3v) is 7.49. The average molecular weight is 589 g/mol. The van der Waals surface area contributed by atoms with Crippen LogP contribution in [-0.4, -0.2) is 48.9 Å². The summed E-state index contributed by atoms with van der Waals surface area (Å²) in [6.07, 6.45) is 0.0607. The Hall–Kier alpha value is -4.71. The number of nitrogens with zero attached hydrogens (tertiary/aromatic N) is 6. The van der Waals surface area contributed by atoms with Crippen molar-refractivity contribution in [1.82, 2.24) is 19.5 Å². The average Bonchev–Trinajstić information content (AvgIpc) is 3.55. The van der Waals surface area contributed by atoms with Gasteiger partial charge in [0.15, 0.2) is 5.17 Å². The number of amidine groups is 1. The Labute approximate surface area is 242 Å². The third kappa shape index (κ3) is 5.57. The summed E-state index contributed by atoms with van der Waals surface area (Å²) in [6.45, 7) is 4.20. The van der Waals surface area contributed by atoms with E-state index in [1.54, 1.807) is 23.3 Å². The lowest BCUT2D eigenvalue weighted by Crippen LogP contribution is -2.23. The lowest BCUT2D eigenvalue weighted by atomic mass is 10.0. The fourth-order valence-corrected chi connectivity index (χ4v) is 5.44. The first kappa shape index (κ1) is 27.5. The van der Waals surface area contributed by atoms with Crippen molar-refractivity contribution in [3.05, 3.63) is 90.4 Å². The Morgan fingerprint density at radius 2 is 1.81 bits per heavy atom. The number of carbonyl (C=O) groups excluding carboxylic acids is 1. The Balaban J connectivity index is 1.26. The SMILES string of the molecule is CC(C)c1ccccc1N=C1SCC(=O)N1/N=C/c1cnc2c(ccc3c2ncn3-c2ccc(OC(F)(F)F)cc2)c1. The van der Waals surface area contributed by atoms with Crippen molar-refractivity contribution in [2.24, 2.45) is 10.1 Å². The monoisotopic (exact) mass is 588 g/mol. The zero-order valence-electron chi connectivity index (χ0n) is 22.4. The summed E-state index contributed by atoms with van der Waals surface area (Å²) in [5.74, 6) is 0.0832. The minimum absolute atomic E-state index is 0.156. The third-order valence-electron chi connectivity index (χ3n) is 6.58. The second-order valence-corrected chi connectivity index (χ2v) is 10.7. The van der Waals surface area contributed by atoms with Gasteiger partial charge in [-0.1, -0.05) is 49.9 Å². The first-order chi connectivity index (χ1) is 20.2. The number of hydrogen-bond acceptors (Lipinski definition) is 7. The van der Waals surface area contributed by atoms with E-state index >= 15 is 0 Å². The highest BCUT2D eigenvalue weighted by Gasteiger charge is 2.31. The van der Waals surface area contributed by atoms with E-state index in [9.17, 15) is 18.0 Å². The number of rotatable bonds is 6. The number of hydrogen-bond donors (Lipinski definition) is 0. The Bertz CT molecular complexity index is 1870. The molecule has 0 N–H and O–H groups in total. The van der Waals surface area contributed by atoms with Crippen molar-refractivity contribution >= 4 is 56.7 Å². The summed E-state index contributed by atoms with van der Waals surface area (Å²) < 4.78 is 43.2. The molecule has 0 aliphatic carbocycles. The van der Waals surface area contributed by atoms with Gasteiger partial charge in [-0.25, -0.2) is 9.98 Å². The standard InChI is InChI=1S/C30H23F3N6O2S/c1-18(2)23-5-3-4-6-24(23)37-29-39(26(40)16-42-29)36-15-19-13-20-7-12-25-28(27(20)34-14-19)35-17-38(25)21-8-10-22(11-9-21)41-30(31,32)33/h3-15,17-18H,16H2,1-2H3/b36-15+,37-29?. The van der Waals surface area contributed by atoms with Gasteiger partial charge in [0.25, 0.3) is 5.91 Å². The van der Waals surface area contributed by atoms with E-state index in [0.717, 1.165) is 22.2 Å². The minimum atomic E-state index is -4.75. The van der Waals surface area contributed by atoms with Gasteiger partial charge in [-0.3, -0.25) is 14.3 Å². The molecular weight excluding hydrogens is 565 g/mol. The van der Waals surface area contributed by atoms with E-state index < -0.39 is 6.36 Å². The maximum atomic E-state index is 12.6. The second-order valence-electron chi connectivity index (χ2n) is 9.78. The molecule has 2 aromatic heterocycles. The number of benzene rings is 3. The number of ether oxygens (including phenoxy) is 1. The van der Waals surface area contributed by atoms with Crippen LogP contribution in [0.5, 0.6) is 5.75 Å². The number of halogens is 3. The zero-order valence-corrected chi connectivity index (χ0v) is 23.2. The number of alkyl halides is 3. The van der Waals surface area contributed by atoms with Crippen LogP contribution in [0, 0.1) is 0 Å². The van der Waals surface area contributed by atoms with Crippen molar-refractivity contribution < 1.29 is 22.7 Å². The first-order valence-corrected chi connectivity index (χ1v) is 13.9. The van der Waals surface area contributed by atoms with Gasteiger partial charge in [-0.05, 0) is 53.9 Å². The number of fused-ring (bicyclic) bond motifs is 3. The number of aliphatic imine (C=N–C) groups is 1. The molecule has 0 radical (unpaired) electrons. The summed E-state index contributed by atoms with van der Waals surface area (Å²) in [4.78, 5) is 26.5. The number of carbonyl (C=O) groups is 1. The number of hydrazone groups is 1. The van der Waals surface area contributed by atoms with Crippen molar-refractivity contribution in [2.45, 2.75) is 26.1 Å². The maximum Gasteiger partial charge on any atom is 0.573 e. The molecule has 0 atom stereocenters. The highest BCUT2D eigenvalue weighted by Crippen LogP contribution is 2.31. The largest absolute Gasteiger partial charge is 0.573 e. The maximum absolute atomic E-state index is 12.6. The first-order valence-electron chi connectivity index (χ1n) is 13.0. The van der Waals surface area contributed by atoms with Crippen LogP contribution in [-0.2, 0) is 4.79 Å². The summed E-state index contributed by atoms with van der Waals surface area (Å²) in [7, 11) is 0. The molecule has 8 nitrogen and oxygen atoms in total. The molecular formula is C30H23F3N6O2S. The van der Waals surface area contributed by atoms with Crippen LogP contribution in [0.2, 0.25) is 0 Å². The van der Waals surface area contributed by atoms with Gasteiger partial charge < -0.3 is 4.74 Å². The van der Waals surface area contributed by atoms with Crippen molar-refractivity contribution in [2.75, 3.05) is 5.75 Å². The Morgan fingerprint density at radius 1 is 1.02 bits per heavy atom. The van der Waals surface area contributed by atoms with E-state index in [-0.39, 0.29) is 23.3 Å². The van der Waals surface area contributed by atoms with Crippen LogP contribution in [0.4, 0.5) is 18.9 Å². The van der Waals surface area contributed by atoms with Crippen LogP contribution in [0.1, 0.15) is 30.9 Å². The fourth-order valence-electron chi connectivity index (χ4n) is 4.63. The van der Waals surface area contributed by atoms with Crippen LogP contribution in [0.3, 0.4) is 0 Å². The molecule has 3 aromatic carbocycles. The molecule has 3 heterocycles. The number of pyridine rings is 1. The zero-order chi connectivity index (χ0) is 29.4. The van der Waals surface area contributed by atoms with Crippen LogP contribution < -0.4 is 4.74 Å². The van der Waals surface area contributed by atoms with Gasteiger partial charge in [-0.15, -0.1) is 13.2 Å². The molecule has 1 amide bonds. The summed E-state index contributed by atoms with van der Waals surface area (Å²) in [6, 6.07) is 19.1. The smallest absolute Gasteiger partial charge is 0.406 e. The topological polar surface area (TPSA) is 85.0 Å². The van der Waals surface area contributed by atoms with Gasteiger partial charge in [0, 0.05) is 22.8 Å². The Kier molecular flexibility index (Phi) is 7.15. The molecule has 1 aliphatic heterocycles. The lowest BCUT2D eigenvalue weighted by molar-refractivity contribution is -0.274. The van der Waals surface area contributed by atoms with Crippen LogP contribution >= 0.6 is 11.8 Å². The highest BCUT2D eigenvalue weighted by molar-refractivity contribution is 8.15. The van der Waals surface area contributed by atoms with Crippen LogP contribution in [0.25, 0.3) is 27.6 Å². The number of thioether (sulfide) groups is 1. The number of imidazole rings is 1. The normalized spacial score (nSPS) is 15.2. The van der Waals surface area contributed by atoms with Gasteiger partial charge >= 0.3 is 6.36 Å². The summed E-state index contributed by atoms with van der Waals surface area (Å²) >= 11 is 1.35. The minimum Gasteiger partial charge on any atom is -0.406 e. The molecule has 6 rings (SSSR count). The van der Waals surface area contributed by atoms with Gasteiger partial charge in [0.2, 0.25) is 0 Å². The Morgan fingerprint density at radius 3 is 2.57 bits per heavy atom. The van der Waals surface area contributed by atoms with Crippen molar-refractivity contribution in [3.8, 4) is 11.4 Å². The molecule has 1 fully saturated rings. The molecule has 212 valence electrons. The lowest BCUT2D eigenvalue weighted by Gasteiger charge is -2.12. The number of amides is 1. The van der Waals surface area contributed by atoms with E-state index in [0.29, 0.717) is 27.5 Å². The highest BCUT2D eigenvalue weighted by atomic mass is 32.2. The van der Waals surface area contributed by atoms with E-state index in [4.69, 9.17) is 4.99 Å². The summed E-state index contributed by atoms with van der Waals surface area (Å²) in [5.41, 5.74) is 5.24. The molecule has 0 unspecified atom stereocenters. The van der Waals surface area contributed by atoms with Gasteiger partial charge in [0.05, 0.1) is 28.7 Å². The molecule has 1 saturated heterocycles. The fraction of sp³-hybridized carbons (Fsp3) is 0.167. The van der Waals surface area contributed by atoms with Crippen molar-refractivity contribution in [3.63, 3.8) is 0 Å². The molecule has 42 heavy (non-hydrogen) atoms. The molecule has 0 saturated carbocycles. The second kappa shape index (κ2) is 10.9. The molecule has 0 bridgehead atoms. The molecule has 1 aliphatic rings. The number of aromatic nitrogens is 3. The van der Waals surface area contributed by atoms with E-state index in [1.807, 2.05) is 42.5 Å². The van der Waals surface area contributed by atoms with Gasteiger partial charge in [-0.2, -0.15) is 10.1 Å². The molecule has 12 heteroatoms. The molecule has 5 aromatic rings. The quantitative estimate of drug-likeness (QED) is 0.196. The van der Waals surface area contributed by atoms with Crippen molar-refractivity contribution in [1.29, 1.82) is 0 Å². The predicted octanol–water partition coefficient (Wildman–Crippen LogP) is 7.19. The van der Waals surface area contributed by atoms with Crippen LogP contribution in [0.15, 0.2) is 89.3 Å². The van der Waals surface area contributed by atoms with E-state index in [1.165, 1.54) is 41.0 Å².